The molecule has 0 bridgehead atoms. The molecule has 1 amide bonds. The fraction of sp³-hybridized carbons (Fsp3) is 0.550. The maximum atomic E-state index is 13.3. The van der Waals surface area contributed by atoms with Gasteiger partial charge in [-0.25, -0.2) is 0 Å². The number of rotatable bonds is 5. The van der Waals surface area contributed by atoms with Gasteiger partial charge >= 0.3 is 0 Å². The van der Waals surface area contributed by atoms with Crippen LogP contribution in [0.25, 0.3) is 0 Å². The Hall–Kier alpha value is -2.06. The average molecular weight is 402 g/mol. The maximum absolute atomic E-state index is 13.3. The average Bonchev–Trinajstić information content (AvgIpc) is 3.13. The summed E-state index contributed by atoms with van der Waals surface area (Å²) in [4.78, 5) is 17.5. The molecular formula is C20H27N5O2S. The minimum Gasteiger partial charge on any atom is -0.378 e. The van der Waals surface area contributed by atoms with Gasteiger partial charge in [0.25, 0.3) is 0 Å². The van der Waals surface area contributed by atoms with Crippen LogP contribution in [-0.2, 0) is 16.6 Å². The Morgan fingerprint density at radius 3 is 2.46 bits per heavy atom. The Bertz CT molecular complexity index is 785. The molecule has 7 nitrogen and oxygen atoms in total. The molecule has 2 fully saturated rings. The van der Waals surface area contributed by atoms with Crippen LogP contribution >= 0.6 is 11.8 Å². The molecule has 28 heavy (non-hydrogen) atoms. The van der Waals surface area contributed by atoms with Crippen molar-refractivity contribution < 1.29 is 9.53 Å². The van der Waals surface area contributed by atoms with Crippen LogP contribution < -0.4 is 4.90 Å². The predicted molar refractivity (Wildman–Crippen MR) is 110 cm³/mol. The molecule has 0 saturated carbocycles. The van der Waals surface area contributed by atoms with Gasteiger partial charge in [0.15, 0.2) is 5.16 Å². The summed E-state index contributed by atoms with van der Waals surface area (Å²) >= 11 is 1.50. The van der Waals surface area contributed by atoms with Crippen molar-refractivity contribution in [2.75, 3.05) is 44.3 Å². The number of amides is 1. The summed E-state index contributed by atoms with van der Waals surface area (Å²) in [6, 6.07) is 10.0. The SMILES string of the molecule is Cn1c(SC(C(=O)N2CCCCC2)c2ccccc2)nnc1N1CCOCC1. The number of benzene rings is 1. The van der Waals surface area contributed by atoms with Gasteiger partial charge in [0.1, 0.15) is 5.25 Å². The number of carbonyl (C=O) groups excluding carboxylic acids is 1. The molecule has 4 rings (SSSR count). The zero-order chi connectivity index (χ0) is 19.3. The Morgan fingerprint density at radius 1 is 1.04 bits per heavy atom. The molecule has 150 valence electrons. The third kappa shape index (κ3) is 4.17. The third-order valence-corrected chi connectivity index (χ3v) is 6.60. The van der Waals surface area contributed by atoms with E-state index in [1.54, 1.807) is 0 Å². The van der Waals surface area contributed by atoms with E-state index in [9.17, 15) is 4.79 Å². The van der Waals surface area contributed by atoms with Crippen molar-refractivity contribution in [3.8, 4) is 0 Å². The molecule has 2 aliphatic rings. The summed E-state index contributed by atoms with van der Waals surface area (Å²) in [6.45, 7) is 4.73. The van der Waals surface area contributed by atoms with Crippen molar-refractivity contribution in [3.05, 3.63) is 35.9 Å². The highest BCUT2D eigenvalue weighted by atomic mass is 32.2. The molecule has 1 unspecified atom stereocenters. The van der Waals surface area contributed by atoms with E-state index in [0.717, 1.165) is 55.7 Å². The van der Waals surface area contributed by atoms with E-state index < -0.39 is 0 Å². The fourth-order valence-corrected chi connectivity index (χ4v) is 4.80. The summed E-state index contributed by atoms with van der Waals surface area (Å²) in [6.07, 6.45) is 3.38. The van der Waals surface area contributed by atoms with Crippen molar-refractivity contribution >= 4 is 23.6 Å². The molecule has 0 radical (unpaired) electrons. The summed E-state index contributed by atoms with van der Waals surface area (Å²) in [5, 5.41) is 9.26. The highest BCUT2D eigenvalue weighted by Gasteiger charge is 2.30. The lowest BCUT2D eigenvalue weighted by Gasteiger charge is -2.30. The number of hydrogen-bond acceptors (Lipinski definition) is 6. The quantitative estimate of drug-likeness (QED) is 0.718. The highest BCUT2D eigenvalue weighted by molar-refractivity contribution is 8.00. The number of likely N-dealkylation sites (tertiary alicyclic amines) is 1. The molecule has 3 heterocycles. The van der Waals surface area contributed by atoms with Gasteiger partial charge in [-0.3, -0.25) is 9.36 Å². The van der Waals surface area contributed by atoms with E-state index in [-0.39, 0.29) is 11.2 Å². The first-order chi connectivity index (χ1) is 13.7. The summed E-state index contributed by atoms with van der Waals surface area (Å²) in [7, 11) is 1.97. The second kappa shape index (κ2) is 8.96. The first kappa shape index (κ1) is 19.3. The van der Waals surface area contributed by atoms with E-state index in [2.05, 4.69) is 15.1 Å². The molecule has 0 N–H and O–H groups in total. The monoisotopic (exact) mass is 401 g/mol. The van der Waals surface area contributed by atoms with Gasteiger partial charge in [-0.05, 0) is 24.8 Å². The van der Waals surface area contributed by atoms with Crippen LogP contribution in [0, 0.1) is 0 Å². The fourth-order valence-electron chi connectivity index (χ4n) is 3.72. The first-order valence-electron chi connectivity index (χ1n) is 9.96. The smallest absolute Gasteiger partial charge is 0.240 e. The van der Waals surface area contributed by atoms with Crippen molar-refractivity contribution in [1.82, 2.24) is 19.7 Å². The Balaban J connectivity index is 1.57. The minimum atomic E-state index is -0.306. The lowest BCUT2D eigenvalue weighted by molar-refractivity contribution is -0.131. The van der Waals surface area contributed by atoms with Gasteiger partial charge in [-0.2, -0.15) is 0 Å². The molecule has 1 atom stereocenters. The molecule has 2 aromatic rings. The van der Waals surface area contributed by atoms with E-state index >= 15 is 0 Å². The predicted octanol–water partition coefficient (Wildman–Crippen LogP) is 2.50. The van der Waals surface area contributed by atoms with Crippen LogP contribution in [0.15, 0.2) is 35.5 Å². The zero-order valence-corrected chi connectivity index (χ0v) is 17.1. The summed E-state index contributed by atoms with van der Waals surface area (Å²) in [5.74, 6) is 1.01. The van der Waals surface area contributed by atoms with Crippen molar-refractivity contribution in [1.29, 1.82) is 0 Å². The van der Waals surface area contributed by atoms with Gasteiger partial charge in [0.05, 0.1) is 13.2 Å². The third-order valence-electron chi connectivity index (χ3n) is 5.32. The molecule has 2 saturated heterocycles. The van der Waals surface area contributed by atoms with E-state index in [1.165, 1.54) is 18.2 Å². The normalized spacial score (nSPS) is 18.9. The molecule has 1 aromatic heterocycles. The Kier molecular flexibility index (Phi) is 6.17. The molecule has 8 heteroatoms. The first-order valence-corrected chi connectivity index (χ1v) is 10.8. The summed E-state index contributed by atoms with van der Waals surface area (Å²) < 4.78 is 7.43. The molecule has 0 aliphatic carbocycles. The number of piperidine rings is 1. The lowest BCUT2D eigenvalue weighted by Crippen LogP contribution is -2.38. The van der Waals surface area contributed by atoms with Crippen molar-refractivity contribution in [3.63, 3.8) is 0 Å². The maximum Gasteiger partial charge on any atom is 0.240 e. The lowest BCUT2D eigenvalue weighted by atomic mass is 10.1. The number of hydrogen-bond donors (Lipinski definition) is 0. The van der Waals surface area contributed by atoms with E-state index in [4.69, 9.17) is 4.74 Å². The molecule has 1 aromatic carbocycles. The second-order valence-corrected chi connectivity index (χ2v) is 8.31. The van der Waals surface area contributed by atoms with Gasteiger partial charge in [0.2, 0.25) is 11.9 Å². The Morgan fingerprint density at radius 2 is 1.75 bits per heavy atom. The number of anilines is 1. The minimum absolute atomic E-state index is 0.173. The largest absolute Gasteiger partial charge is 0.378 e. The van der Waals surface area contributed by atoms with Crippen LogP contribution in [0.2, 0.25) is 0 Å². The van der Waals surface area contributed by atoms with E-state index in [1.807, 2.05) is 46.8 Å². The van der Waals surface area contributed by atoms with Crippen molar-refractivity contribution in [2.24, 2.45) is 7.05 Å². The highest BCUT2D eigenvalue weighted by Crippen LogP contribution is 2.37. The standard InChI is InChI=1S/C20H27N5O2S/c1-23-19(25-12-14-27-15-13-25)21-22-20(23)28-17(16-8-4-2-5-9-16)18(26)24-10-6-3-7-11-24/h2,4-5,8-9,17H,3,6-7,10-15H2,1H3. The number of nitrogens with zero attached hydrogens (tertiary/aromatic N) is 5. The van der Waals surface area contributed by atoms with Gasteiger partial charge in [-0.15, -0.1) is 10.2 Å². The Labute approximate surface area is 170 Å². The zero-order valence-electron chi connectivity index (χ0n) is 16.3. The molecular weight excluding hydrogens is 374 g/mol. The van der Waals surface area contributed by atoms with Crippen LogP contribution in [0.4, 0.5) is 5.95 Å². The number of carbonyl (C=O) groups is 1. The second-order valence-electron chi connectivity index (χ2n) is 7.24. The number of aromatic nitrogens is 3. The van der Waals surface area contributed by atoms with Crippen LogP contribution in [0.1, 0.15) is 30.1 Å². The van der Waals surface area contributed by atoms with Crippen LogP contribution in [0.5, 0.6) is 0 Å². The number of thioether (sulfide) groups is 1. The number of ether oxygens (including phenoxy) is 1. The van der Waals surface area contributed by atoms with Crippen molar-refractivity contribution in [2.45, 2.75) is 29.7 Å². The molecule has 0 spiro atoms. The van der Waals surface area contributed by atoms with Gasteiger partial charge in [-0.1, -0.05) is 42.1 Å². The molecule has 2 aliphatic heterocycles. The van der Waals surface area contributed by atoms with Crippen LogP contribution in [-0.4, -0.2) is 65.0 Å². The number of morpholine rings is 1. The topological polar surface area (TPSA) is 63.5 Å². The summed E-state index contributed by atoms with van der Waals surface area (Å²) in [5.41, 5.74) is 1.01. The van der Waals surface area contributed by atoms with Crippen LogP contribution in [0.3, 0.4) is 0 Å². The van der Waals surface area contributed by atoms with Gasteiger partial charge < -0.3 is 14.5 Å². The van der Waals surface area contributed by atoms with Gasteiger partial charge in [0, 0.05) is 33.2 Å². The van der Waals surface area contributed by atoms with E-state index in [0.29, 0.717) is 13.2 Å².